The molecular weight excluding hydrogens is 571 g/mol. The number of halogens is 1. The largest absolute Gasteiger partial charge is 0.508 e. The number of phenolic OH excluding ortho intramolecular Hbond substituents is 1. The molecule has 0 aliphatic carbocycles. The number of ether oxygens (including phenoxy) is 1. The minimum absolute atomic E-state index is 0. The van der Waals surface area contributed by atoms with E-state index >= 15 is 0 Å². The summed E-state index contributed by atoms with van der Waals surface area (Å²) in [5.41, 5.74) is 2.81. The fraction of sp³-hybridized carbons (Fsp3) is 0.235. The quantitative estimate of drug-likeness (QED) is 0.465. The van der Waals surface area contributed by atoms with E-state index in [1.165, 1.54) is 0 Å². The SMILES string of the molecule is CC.COc1ccc2nn(-c3ccc(O)cc3Br)c(C)c2c1.[Ac]. The van der Waals surface area contributed by atoms with Crippen LogP contribution in [0.2, 0.25) is 0 Å². The van der Waals surface area contributed by atoms with Gasteiger partial charge in [0, 0.05) is 59.6 Å². The summed E-state index contributed by atoms with van der Waals surface area (Å²) in [7, 11) is 1.65. The Labute approximate surface area is 180 Å². The molecule has 2 aromatic carbocycles. The second kappa shape index (κ2) is 9.06. The van der Waals surface area contributed by atoms with Crippen molar-refractivity contribution in [3.8, 4) is 17.2 Å². The first-order chi connectivity index (χ1) is 10.6. The summed E-state index contributed by atoms with van der Waals surface area (Å²) < 4.78 is 7.90. The number of aromatic hydroxyl groups is 1. The van der Waals surface area contributed by atoms with Crippen molar-refractivity contribution in [3.05, 3.63) is 46.6 Å². The smallest absolute Gasteiger partial charge is 0.119 e. The van der Waals surface area contributed by atoms with Gasteiger partial charge < -0.3 is 9.84 Å². The van der Waals surface area contributed by atoms with E-state index < -0.39 is 0 Å². The van der Waals surface area contributed by atoms with Crippen molar-refractivity contribution in [1.29, 1.82) is 0 Å². The first kappa shape index (κ1) is 20.5. The maximum Gasteiger partial charge on any atom is 0.119 e. The molecule has 119 valence electrons. The van der Waals surface area contributed by atoms with Gasteiger partial charge in [-0.1, -0.05) is 13.8 Å². The van der Waals surface area contributed by atoms with Gasteiger partial charge in [0.2, 0.25) is 0 Å². The molecule has 0 atom stereocenters. The molecule has 0 bridgehead atoms. The van der Waals surface area contributed by atoms with E-state index in [4.69, 9.17) is 4.74 Å². The minimum atomic E-state index is 0. The molecule has 23 heavy (non-hydrogen) atoms. The normalized spacial score (nSPS) is 9.78. The summed E-state index contributed by atoms with van der Waals surface area (Å²) in [6, 6.07) is 10.9. The molecule has 0 unspecified atom stereocenters. The second-order valence-corrected chi connectivity index (χ2v) is 5.37. The van der Waals surface area contributed by atoms with Gasteiger partial charge in [0.1, 0.15) is 11.5 Å². The van der Waals surface area contributed by atoms with Gasteiger partial charge in [-0.05, 0) is 59.3 Å². The van der Waals surface area contributed by atoms with E-state index in [0.717, 1.165) is 32.5 Å². The number of phenols is 1. The van der Waals surface area contributed by atoms with Crippen LogP contribution in [-0.4, -0.2) is 22.0 Å². The summed E-state index contributed by atoms with van der Waals surface area (Å²) in [6.45, 7) is 6.01. The van der Waals surface area contributed by atoms with Crippen molar-refractivity contribution in [2.45, 2.75) is 20.8 Å². The van der Waals surface area contributed by atoms with Crippen LogP contribution in [0.5, 0.6) is 11.5 Å². The Morgan fingerprint density at radius 1 is 1.13 bits per heavy atom. The second-order valence-electron chi connectivity index (χ2n) is 4.52. The van der Waals surface area contributed by atoms with Gasteiger partial charge in [-0.2, -0.15) is 5.10 Å². The topological polar surface area (TPSA) is 47.3 Å². The van der Waals surface area contributed by atoms with Crippen molar-refractivity contribution in [2.24, 2.45) is 0 Å². The molecule has 0 aliphatic rings. The van der Waals surface area contributed by atoms with Gasteiger partial charge in [0.05, 0.1) is 18.3 Å². The molecule has 1 radical (unpaired) electrons. The maximum atomic E-state index is 9.49. The molecule has 0 saturated carbocycles. The van der Waals surface area contributed by atoms with E-state index in [0.29, 0.717) is 0 Å². The predicted octanol–water partition coefficient (Wildman–Crippen LogP) is 4.84. The zero-order valence-corrected chi connectivity index (χ0v) is 20.0. The first-order valence-electron chi connectivity index (χ1n) is 7.12. The number of benzene rings is 2. The van der Waals surface area contributed by atoms with Crippen molar-refractivity contribution in [1.82, 2.24) is 9.78 Å². The first-order valence-corrected chi connectivity index (χ1v) is 7.91. The molecule has 0 aliphatic heterocycles. The molecule has 1 N–H and O–H groups in total. The van der Waals surface area contributed by atoms with E-state index in [1.807, 2.05) is 49.7 Å². The fourth-order valence-electron chi connectivity index (χ4n) is 2.22. The summed E-state index contributed by atoms with van der Waals surface area (Å²) in [5.74, 6) is 1.03. The number of methoxy groups -OCH3 is 1. The van der Waals surface area contributed by atoms with E-state index in [2.05, 4.69) is 21.0 Å². The van der Waals surface area contributed by atoms with Crippen LogP contribution in [0.15, 0.2) is 40.9 Å². The summed E-state index contributed by atoms with van der Waals surface area (Å²) in [4.78, 5) is 0. The van der Waals surface area contributed by atoms with E-state index in [-0.39, 0.29) is 49.8 Å². The van der Waals surface area contributed by atoms with Gasteiger partial charge in [0.25, 0.3) is 0 Å². The molecule has 0 fully saturated rings. The van der Waals surface area contributed by atoms with Crippen LogP contribution >= 0.6 is 15.9 Å². The molecule has 1 aromatic heterocycles. The number of hydrogen-bond donors (Lipinski definition) is 1. The Morgan fingerprint density at radius 3 is 2.43 bits per heavy atom. The van der Waals surface area contributed by atoms with Crippen LogP contribution in [0.4, 0.5) is 0 Å². The molecule has 0 saturated heterocycles. The molecule has 3 aromatic rings. The van der Waals surface area contributed by atoms with E-state index in [1.54, 1.807) is 19.2 Å². The average molecular weight is 590 g/mol. The van der Waals surface area contributed by atoms with Crippen molar-refractivity contribution < 1.29 is 53.9 Å². The third-order valence-electron chi connectivity index (χ3n) is 3.28. The van der Waals surface area contributed by atoms with Gasteiger partial charge in [-0.25, -0.2) is 4.68 Å². The van der Waals surface area contributed by atoms with Crippen LogP contribution in [0.3, 0.4) is 0 Å². The molecule has 1 heterocycles. The monoisotopic (exact) mass is 589 g/mol. The number of rotatable bonds is 2. The molecule has 6 heteroatoms. The van der Waals surface area contributed by atoms with Crippen molar-refractivity contribution in [2.75, 3.05) is 7.11 Å². The Bertz CT molecular complexity index is 803. The molecule has 0 spiro atoms. The Morgan fingerprint density at radius 2 is 1.83 bits per heavy atom. The van der Waals surface area contributed by atoms with Gasteiger partial charge in [0.15, 0.2) is 0 Å². The Balaban J connectivity index is 0.000000849. The van der Waals surface area contributed by atoms with Crippen molar-refractivity contribution in [3.63, 3.8) is 0 Å². The number of nitrogens with zero attached hydrogens (tertiary/aromatic N) is 2. The third kappa shape index (κ3) is 4.29. The van der Waals surface area contributed by atoms with Gasteiger partial charge >= 0.3 is 0 Å². The predicted molar refractivity (Wildman–Crippen MR) is 93.1 cm³/mol. The van der Waals surface area contributed by atoms with Crippen LogP contribution in [0, 0.1) is 51.0 Å². The Hall–Kier alpha value is -0.568. The molecule has 3 rings (SSSR count). The average Bonchev–Trinajstić information content (AvgIpc) is 2.86. The molecule has 4 nitrogen and oxygen atoms in total. The van der Waals surface area contributed by atoms with Crippen LogP contribution < -0.4 is 4.74 Å². The van der Waals surface area contributed by atoms with Crippen LogP contribution in [-0.2, 0) is 0 Å². The number of fused-ring (bicyclic) bond motifs is 1. The summed E-state index contributed by atoms with van der Waals surface area (Å²) in [5, 5.41) is 15.1. The number of aryl methyl sites for hydroxylation is 1. The van der Waals surface area contributed by atoms with Crippen LogP contribution in [0.25, 0.3) is 16.6 Å². The standard InChI is InChI=1S/C15H13BrN2O2.C2H6.Ac/c1-9-12-8-11(20-2)4-5-14(12)17-18(9)15-6-3-10(19)7-13(15)16;1-2;/h3-8,19H,1-2H3;1-2H3;. The minimum Gasteiger partial charge on any atom is -0.508 e. The van der Waals surface area contributed by atoms with Gasteiger partial charge in [-0.3, -0.25) is 0 Å². The summed E-state index contributed by atoms with van der Waals surface area (Å²) in [6.07, 6.45) is 0. The fourth-order valence-corrected chi connectivity index (χ4v) is 2.75. The van der Waals surface area contributed by atoms with E-state index in [9.17, 15) is 5.11 Å². The number of hydrogen-bond acceptors (Lipinski definition) is 3. The Kier molecular flexibility index (Phi) is 8.06. The number of aromatic nitrogens is 2. The third-order valence-corrected chi connectivity index (χ3v) is 3.91. The summed E-state index contributed by atoms with van der Waals surface area (Å²) >= 11 is 3.46. The molecular formula is C17H19AcBrN2O2. The van der Waals surface area contributed by atoms with Gasteiger partial charge in [-0.15, -0.1) is 0 Å². The zero-order chi connectivity index (χ0) is 16.3. The maximum absolute atomic E-state index is 9.49. The van der Waals surface area contributed by atoms with Crippen LogP contribution in [0.1, 0.15) is 19.5 Å². The zero-order valence-electron chi connectivity index (χ0n) is 13.7. The molecule has 0 amide bonds. The van der Waals surface area contributed by atoms with Crippen molar-refractivity contribution >= 4 is 26.8 Å².